The van der Waals surface area contributed by atoms with E-state index in [2.05, 4.69) is 10.2 Å². The third-order valence-corrected chi connectivity index (χ3v) is 5.87. The lowest BCUT2D eigenvalue weighted by Gasteiger charge is -2.36. The number of hydrogen-bond donors (Lipinski definition) is 1. The SMILES string of the molecule is CC(C)C(=O)NCC1CCCN(C(=O)C2CCCN2Cc2ccc(F)cc2)C1. The molecule has 0 radical (unpaired) electrons. The zero-order valence-electron chi connectivity index (χ0n) is 17.0. The highest BCUT2D eigenvalue weighted by atomic mass is 19.1. The molecule has 28 heavy (non-hydrogen) atoms. The van der Waals surface area contributed by atoms with Crippen molar-refractivity contribution in [3.63, 3.8) is 0 Å². The molecule has 6 heteroatoms. The number of benzene rings is 1. The van der Waals surface area contributed by atoms with Crippen LogP contribution in [0.5, 0.6) is 0 Å². The van der Waals surface area contributed by atoms with Crippen molar-refractivity contribution in [3.05, 3.63) is 35.6 Å². The van der Waals surface area contributed by atoms with Crippen LogP contribution in [0.15, 0.2) is 24.3 Å². The van der Waals surface area contributed by atoms with Crippen molar-refractivity contribution >= 4 is 11.8 Å². The van der Waals surface area contributed by atoms with Crippen LogP contribution in [-0.2, 0) is 16.1 Å². The van der Waals surface area contributed by atoms with Gasteiger partial charge in [-0.25, -0.2) is 4.39 Å². The maximum atomic E-state index is 13.2. The van der Waals surface area contributed by atoms with Crippen LogP contribution in [0.2, 0.25) is 0 Å². The molecule has 1 N–H and O–H groups in total. The largest absolute Gasteiger partial charge is 0.356 e. The molecular weight excluding hydrogens is 357 g/mol. The second kappa shape index (κ2) is 9.50. The highest BCUT2D eigenvalue weighted by Gasteiger charge is 2.35. The van der Waals surface area contributed by atoms with Crippen LogP contribution in [-0.4, -0.2) is 53.8 Å². The molecular formula is C22H32FN3O2. The predicted molar refractivity (Wildman–Crippen MR) is 107 cm³/mol. The van der Waals surface area contributed by atoms with Gasteiger partial charge in [0.2, 0.25) is 11.8 Å². The number of rotatable bonds is 6. The van der Waals surface area contributed by atoms with E-state index in [0.29, 0.717) is 19.0 Å². The molecule has 2 heterocycles. The van der Waals surface area contributed by atoms with Crippen molar-refractivity contribution in [2.24, 2.45) is 11.8 Å². The lowest BCUT2D eigenvalue weighted by Crippen LogP contribution is -2.50. The monoisotopic (exact) mass is 389 g/mol. The Hall–Kier alpha value is -1.95. The van der Waals surface area contributed by atoms with E-state index < -0.39 is 0 Å². The number of likely N-dealkylation sites (tertiary alicyclic amines) is 2. The quantitative estimate of drug-likeness (QED) is 0.814. The Morgan fingerprint density at radius 3 is 2.57 bits per heavy atom. The third-order valence-electron chi connectivity index (χ3n) is 5.87. The second-order valence-electron chi connectivity index (χ2n) is 8.45. The maximum absolute atomic E-state index is 13.2. The van der Waals surface area contributed by atoms with Gasteiger partial charge in [-0.2, -0.15) is 0 Å². The number of piperidine rings is 1. The molecule has 5 nitrogen and oxygen atoms in total. The average molecular weight is 390 g/mol. The number of hydrogen-bond acceptors (Lipinski definition) is 3. The molecule has 0 aliphatic carbocycles. The standard InChI is InChI=1S/C22H32FN3O2/c1-16(2)21(27)24-13-18-5-3-12-26(15-18)22(28)20-6-4-11-25(20)14-17-7-9-19(23)10-8-17/h7-10,16,18,20H,3-6,11-15H2,1-2H3,(H,24,27). The molecule has 2 aliphatic rings. The van der Waals surface area contributed by atoms with Gasteiger partial charge in [-0.15, -0.1) is 0 Å². The molecule has 0 bridgehead atoms. The van der Waals surface area contributed by atoms with Crippen molar-refractivity contribution in [1.29, 1.82) is 0 Å². The van der Waals surface area contributed by atoms with Crippen molar-refractivity contribution in [2.45, 2.75) is 52.1 Å². The van der Waals surface area contributed by atoms with E-state index in [-0.39, 0.29) is 29.6 Å². The first kappa shape index (κ1) is 20.8. The second-order valence-corrected chi connectivity index (χ2v) is 8.45. The zero-order valence-corrected chi connectivity index (χ0v) is 17.0. The molecule has 1 aromatic rings. The Morgan fingerprint density at radius 1 is 1.14 bits per heavy atom. The van der Waals surface area contributed by atoms with E-state index in [1.54, 1.807) is 12.1 Å². The fraction of sp³-hybridized carbons (Fsp3) is 0.636. The molecule has 2 amide bonds. The molecule has 2 aliphatic heterocycles. The van der Waals surface area contributed by atoms with E-state index in [4.69, 9.17) is 0 Å². The minimum absolute atomic E-state index is 0.0140. The summed E-state index contributed by atoms with van der Waals surface area (Å²) >= 11 is 0. The van der Waals surface area contributed by atoms with Gasteiger partial charge in [0, 0.05) is 32.1 Å². The summed E-state index contributed by atoms with van der Waals surface area (Å²) in [7, 11) is 0. The summed E-state index contributed by atoms with van der Waals surface area (Å²) < 4.78 is 13.1. The minimum atomic E-state index is -0.235. The van der Waals surface area contributed by atoms with Crippen LogP contribution in [0.3, 0.4) is 0 Å². The summed E-state index contributed by atoms with van der Waals surface area (Å²) in [6, 6.07) is 6.45. The summed E-state index contributed by atoms with van der Waals surface area (Å²) in [6.45, 7) is 7.52. The first-order valence-corrected chi connectivity index (χ1v) is 10.5. The molecule has 1 aromatic carbocycles. The first-order chi connectivity index (χ1) is 13.4. The number of nitrogens with one attached hydrogen (secondary N) is 1. The van der Waals surface area contributed by atoms with Crippen LogP contribution in [0.4, 0.5) is 4.39 Å². The third kappa shape index (κ3) is 5.31. The fourth-order valence-electron chi connectivity index (χ4n) is 4.21. The van der Waals surface area contributed by atoms with Gasteiger partial charge in [-0.1, -0.05) is 26.0 Å². The number of halogens is 1. The summed E-state index contributed by atoms with van der Waals surface area (Å²) in [5.74, 6) is 0.359. The van der Waals surface area contributed by atoms with Gasteiger partial charge in [-0.05, 0) is 55.8 Å². The Balaban J connectivity index is 1.55. The summed E-state index contributed by atoms with van der Waals surface area (Å²) in [5.41, 5.74) is 1.04. The van der Waals surface area contributed by atoms with Crippen LogP contribution in [0.1, 0.15) is 45.1 Å². The van der Waals surface area contributed by atoms with Crippen LogP contribution < -0.4 is 5.32 Å². The fourth-order valence-corrected chi connectivity index (χ4v) is 4.21. The highest BCUT2D eigenvalue weighted by molar-refractivity contribution is 5.82. The molecule has 2 fully saturated rings. The number of carbonyl (C=O) groups is 2. The summed E-state index contributed by atoms with van der Waals surface area (Å²) in [4.78, 5) is 29.2. The van der Waals surface area contributed by atoms with Gasteiger partial charge >= 0.3 is 0 Å². The zero-order chi connectivity index (χ0) is 20.1. The van der Waals surface area contributed by atoms with E-state index >= 15 is 0 Å². The smallest absolute Gasteiger partial charge is 0.239 e. The van der Waals surface area contributed by atoms with Crippen LogP contribution in [0.25, 0.3) is 0 Å². The number of nitrogens with zero attached hydrogens (tertiary/aromatic N) is 2. The Kier molecular flexibility index (Phi) is 7.05. The molecule has 0 spiro atoms. The van der Waals surface area contributed by atoms with Gasteiger partial charge in [-0.3, -0.25) is 14.5 Å². The predicted octanol–water partition coefficient (Wildman–Crippen LogP) is 2.80. The van der Waals surface area contributed by atoms with Crippen LogP contribution in [0, 0.1) is 17.7 Å². The van der Waals surface area contributed by atoms with Crippen molar-refractivity contribution in [1.82, 2.24) is 15.1 Å². The molecule has 2 unspecified atom stereocenters. The van der Waals surface area contributed by atoms with Crippen LogP contribution >= 0.6 is 0 Å². The van der Waals surface area contributed by atoms with Crippen molar-refractivity contribution < 1.29 is 14.0 Å². The van der Waals surface area contributed by atoms with Gasteiger partial charge in [0.1, 0.15) is 5.82 Å². The normalized spacial score (nSPS) is 23.2. The van der Waals surface area contributed by atoms with Crippen molar-refractivity contribution in [3.8, 4) is 0 Å². The van der Waals surface area contributed by atoms with Gasteiger partial charge in [0.05, 0.1) is 6.04 Å². The van der Waals surface area contributed by atoms with Gasteiger partial charge in [0.15, 0.2) is 0 Å². The number of amides is 2. The maximum Gasteiger partial charge on any atom is 0.239 e. The Morgan fingerprint density at radius 2 is 1.86 bits per heavy atom. The van der Waals surface area contributed by atoms with Gasteiger partial charge in [0.25, 0.3) is 0 Å². The van der Waals surface area contributed by atoms with E-state index in [9.17, 15) is 14.0 Å². The molecule has 0 aromatic heterocycles. The first-order valence-electron chi connectivity index (χ1n) is 10.5. The Labute approximate surface area is 167 Å². The van der Waals surface area contributed by atoms with Gasteiger partial charge < -0.3 is 10.2 Å². The van der Waals surface area contributed by atoms with E-state index in [1.165, 1.54) is 12.1 Å². The Bertz CT molecular complexity index is 677. The molecule has 3 rings (SSSR count). The molecule has 2 atom stereocenters. The van der Waals surface area contributed by atoms with E-state index in [1.807, 2.05) is 18.7 Å². The highest BCUT2D eigenvalue weighted by Crippen LogP contribution is 2.25. The minimum Gasteiger partial charge on any atom is -0.356 e. The lowest BCUT2D eigenvalue weighted by atomic mass is 9.96. The molecule has 154 valence electrons. The number of carbonyl (C=O) groups excluding carboxylic acids is 2. The molecule has 2 saturated heterocycles. The summed E-state index contributed by atoms with van der Waals surface area (Å²) in [6.07, 6.45) is 3.93. The van der Waals surface area contributed by atoms with E-state index in [0.717, 1.165) is 50.9 Å². The summed E-state index contributed by atoms with van der Waals surface area (Å²) in [5, 5.41) is 3.01. The lowest BCUT2D eigenvalue weighted by molar-refractivity contribution is -0.138. The average Bonchev–Trinajstić information content (AvgIpc) is 3.15. The molecule has 0 saturated carbocycles. The van der Waals surface area contributed by atoms with Crippen molar-refractivity contribution in [2.75, 3.05) is 26.2 Å². The topological polar surface area (TPSA) is 52.7 Å².